The summed E-state index contributed by atoms with van der Waals surface area (Å²) in [6.07, 6.45) is 3.41. The lowest BCUT2D eigenvalue weighted by atomic mass is 10.3. The minimum atomic E-state index is 0.359. The van der Waals surface area contributed by atoms with E-state index in [-0.39, 0.29) is 0 Å². The van der Waals surface area contributed by atoms with Crippen molar-refractivity contribution in [3.63, 3.8) is 0 Å². The highest BCUT2D eigenvalue weighted by molar-refractivity contribution is 5.40. The van der Waals surface area contributed by atoms with Gasteiger partial charge in [0.25, 0.3) is 0 Å². The fraction of sp³-hybridized carbons (Fsp3) is 0.615. The predicted molar refractivity (Wildman–Crippen MR) is 69.2 cm³/mol. The summed E-state index contributed by atoms with van der Waals surface area (Å²) >= 11 is 0. The SMILES string of the molecule is CCNCc1ccc(N2CCC(OC)C2)nc1. The molecule has 17 heavy (non-hydrogen) atoms. The van der Waals surface area contributed by atoms with Crippen molar-refractivity contribution in [3.05, 3.63) is 23.9 Å². The number of ether oxygens (including phenoxy) is 1. The smallest absolute Gasteiger partial charge is 0.128 e. The molecule has 0 aromatic carbocycles. The monoisotopic (exact) mass is 235 g/mol. The van der Waals surface area contributed by atoms with Crippen LogP contribution in [0.5, 0.6) is 0 Å². The van der Waals surface area contributed by atoms with E-state index in [9.17, 15) is 0 Å². The second-order valence-electron chi connectivity index (χ2n) is 4.40. The first-order valence-corrected chi connectivity index (χ1v) is 6.27. The molecule has 2 heterocycles. The molecule has 1 aliphatic rings. The zero-order chi connectivity index (χ0) is 12.1. The Morgan fingerprint density at radius 3 is 3.00 bits per heavy atom. The molecule has 2 rings (SSSR count). The Labute approximate surface area is 103 Å². The molecule has 1 N–H and O–H groups in total. The normalized spacial score (nSPS) is 19.9. The second-order valence-corrected chi connectivity index (χ2v) is 4.40. The number of methoxy groups -OCH3 is 1. The van der Waals surface area contributed by atoms with Crippen molar-refractivity contribution >= 4 is 5.82 Å². The van der Waals surface area contributed by atoms with Gasteiger partial charge < -0.3 is 15.0 Å². The lowest BCUT2D eigenvalue weighted by molar-refractivity contribution is 0.121. The fourth-order valence-electron chi connectivity index (χ4n) is 2.11. The highest BCUT2D eigenvalue weighted by Crippen LogP contribution is 2.19. The lowest BCUT2D eigenvalue weighted by Gasteiger charge is -2.17. The molecule has 4 heteroatoms. The summed E-state index contributed by atoms with van der Waals surface area (Å²) in [7, 11) is 1.78. The minimum absolute atomic E-state index is 0.359. The van der Waals surface area contributed by atoms with Crippen molar-refractivity contribution in [3.8, 4) is 0 Å². The van der Waals surface area contributed by atoms with Gasteiger partial charge in [-0.05, 0) is 24.6 Å². The number of nitrogens with one attached hydrogen (secondary N) is 1. The third-order valence-corrected chi connectivity index (χ3v) is 3.19. The van der Waals surface area contributed by atoms with Crippen molar-refractivity contribution in [1.29, 1.82) is 0 Å². The minimum Gasteiger partial charge on any atom is -0.380 e. The number of hydrogen-bond donors (Lipinski definition) is 1. The van der Waals surface area contributed by atoms with E-state index in [2.05, 4.69) is 34.3 Å². The Kier molecular flexibility index (Phi) is 4.34. The maximum absolute atomic E-state index is 5.36. The van der Waals surface area contributed by atoms with Gasteiger partial charge in [-0.3, -0.25) is 0 Å². The molecule has 0 aliphatic carbocycles. The van der Waals surface area contributed by atoms with Gasteiger partial charge in [0.05, 0.1) is 6.10 Å². The van der Waals surface area contributed by atoms with Crippen LogP contribution in [-0.2, 0) is 11.3 Å². The van der Waals surface area contributed by atoms with Gasteiger partial charge in [0.2, 0.25) is 0 Å². The Balaban J connectivity index is 1.94. The first-order chi connectivity index (χ1) is 8.33. The number of nitrogens with zero attached hydrogens (tertiary/aromatic N) is 2. The van der Waals surface area contributed by atoms with E-state index < -0.39 is 0 Å². The van der Waals surface area contributed by atoms with Gasteiger partial charge >= 0.3 is 0 Å². The van der Waals surface area contributed by atoms with Gasteiger partial charge in [-0.1, -0.05) is 13.0 Å². The van der Waals surface area contributed by atoms with Crippen LogP contribution in [0.2, 0.25) is 0 Å². The maximum atomic E-state index is 5.36. The van der Waals surface area contributed by atoms with E-state index in [0.29, 0.717) is 6.10 Å². The van der Waals surface area contributed by atoms with E-state index in [0.717, 1.165) is 38.4 Å². The summed E-state index contributed by atoms with van der Waals surface area (Å²) in [5.41, 5.74) is 1.23. The van der Waals surface area contributed by atoms with Crippen molar-refractivity contribution in [2.24, 2.45) is 0 Å². The Hall–Kier alpha value is -1.13. The molecular weight excluding hydrogens is 214 g/mol. The van der Waals surface area contributed by atoms with Crippen LogP contribution in [0.15, 0.2) is 18.3 Å². The van der Waals surface area contributed by atoms with Crippen LogP contribution in [0.1, 0.15) is 18.9 Å². The predicted octanol–water partition coefficient (Wildman–Crippen LogP) is 1.42. The number of pyridine rings is 1. The molecule has 1 atom stereocenters. The van der Waals surface area contributed by atoms with Gasteiger partial charge in [-0.15, -0.1) is 0 Å². The fourth-order valence-corrected chi connectivity index (χ4v) is 2.11. The van der Waals surface area contributed by atoms with E-state index in [4.69, 9.17) is 4.74 Å². The molecule has 0 amide bonds. The molecule has 0 bridgehead atoms. The van der Waals surface area contributed by atoms with E-state index in [1.165, 1.54) is 5.56 Å². The molecule has 1 saturated heterocycles. The molecule has 0 radical (unpaired) electrons. The molecule has 4 nitrogen and oxygen atoms in total. The largest absolute Gasteiger partial charge is 0.380 e. The molecule has 1 unspecified atom stereocenters. The van der Waals surface area contributed by atoms with Gasteiger partial charge in [-0.2, -0.15) is 0 Å². The molecule has 0 saturated carbocycles. The average molecular weight is 235 g/mol. The number of rotatable bonds is 5. The zero-order valence-corrected chi connectivity index (χ0v) is 10.6. The van der Waals surface area contributed by atoms with Crippen LogP contribution in [0.4, 0.5) is 5.82 Å². The van der Waals surface area contributed by atoms with Gasteiger partial charge in [0.15, 0.2) is 0 Å². The number of aromatic nitrogens is 1. The molecule has 1 fully saturated rings. The number of hydrogen-bond acceptors (Lipinski definition) is 4. The summed E-state index contributed by atoms with van der Waals surface area (Å²) in [4.78, 5) is 6.80. The molecule has 94 valence electrons. The zero-order valence-electron chi connectivity index (χ0n) is 10.6. The van der Waals surface area contributed by atoms with Gasteiger partial charge in [0, 0.05) is 32.9 Å². The summed E-state index contributed by atoms with van der Waals surface area (Å²) in [6.45, 7) is 5.99. The lowest BCUT2D eigenvalue weighted by Crippen LogP contribution is -2.23. The Morgan fingerprint density at radius 1 is 1.53 bits per heavy atom. The molecule has 1 aliphatic heterocycles. The Bertz CT molecular complexity index is 339. The van der Waals surface area contributed by atoms with Gasteiger partial charge in [0.1, 0.15) is 5.82 Å². The van der Waals surface area contributed by atoms with Crippen molar-refractivity contribution in [2.75, 3.05) is 31.6 Å². The van der Waals surface area contributed by atoms with Crippen molar-refractivity contribution in [2.45, 2.75) is 26.0 Å². The third kappa shape index (κ3) is 3.17. The van der Waals surface area contributed by atoms with Crippen molar-refractivity contribution in [1.82, 2.24) is 10.3 Å². The average Bonchev–Trinajstić information content (AvgIpc) is 2.86. The standard InChI is InChI=1S/C13H21N3O/c1-3-14-8-11-4-5-13(15-9-11)16-7-6-12(10-16)17-2/h4-5,9,12,14H,3,6-8,10H2,1-2H3. The van der Waals surface area contributed by atoms with Crippen molar-refractivity contribution < 1.29 is 4.74 Å². The summed E-state index contributed by atoms with van der Waals surface area (Å²) in [5.74, 6) is 1.06. The highest BCUT2D eigenvalue weighted by atomic mass is 16.5. The highest BCUT2D eigenvalue weighted by Gasteiger charge is 2.22. The molecule has 1 aromatic rings. The van der Waals surface area contributed by atoms with Crippen LogP contribution < -0.4 is 10.2 Å². The van der Waals surface area contributed by atoms with E-state index >= 15 is 0 Å². The Morgan fingerprint density at radius 2 is 2.41 bits per heavy atom. The van der Waals surface area contributed by atoms with E-state index in [1.54, 1.807) is 7.11 Å². The third-order valence-electron chi connectivity index (χ3n) is 3.19. The quantitative estimate of drug-likeness (QED) is 0.837. The first kappa shape index (κ1) is 12.3. The van der Waals surface area contributed by atoms with Crippen LogP contribution in [0.3, 0.4) is 0 Å². The summed E-state index contributed by atoms with van der Waals surface area (Å²) < 4.78 is 5.36. The first-order valence-electron chi connectivity index (χ1n) is 6.27. The maximum Gasteiger partial charge on any atom is 0.128 e. The van der Waals surface area contributed by atoms with Gasteiger partial charge in [-0.25, -0.2) is 4.98 Å². The van der Waals surface area contributed by atoms with Crippen LogP contribution in [0.25, 0.3) is 0 Å². The van der Waals surface area contributed by atoms with E-state index in [1.807, 2.05) is 6.20 Å². The molecule has 1 aromatic heterocycles. The summed E-state index contributed by atoms with van der Waals surface area (Å²) in [5, 5.41) is 3.30. The topological polar surface area (TPSA) is 37.4 Å². The van der Waals surface area contributed by atoms with Crippen LogP contribution in [0, 0.1) is 0 Å². The van der Waals surface area contributed by atoms with Crippen LogP contribution >= 0.6 is 0 Å². The van der Waals surface area contributed by atoms with Crippen LogP contribution in [-0.4, -0.2) is 37.8 Å². The summed E-state index contributed by atoms with van der Waals surface area (Å²) in [6, 6.07) is 4.25. The number of anilines is 1. The molecular formula is C13H21N3O. The molecule has 0 spiro atoms. The second kappa shape index (κ2) is 5.98.